The van der Waals surface area contributed by atoms with Crippen molar-refractivity contribution in [1.82, 2.24) is 0 Å². The van der Waals surface area contributed by atoms with Gasteiger partial charge in [-0.3, -0.25) is 24.5 Å². The quantitative estimate of drug-likeness (QED) is 0.321. The molecule has 1 aromatic heterocycles. The molecule has 0 fully saturated rings. The number of nitrogens with one attached hydrogen (secondary N) is 1. The molecule has 1 N–H and O–H groups in total. The van der Waals surface area contributed by atoms with E-state index in [1.165, 1.54) is 44.2 Å². The summed E-state index contributed by atoms with van der Waals surface area (Å²) < 4.78 is 23.7. The number of fused-ring (bicyclic) bond motifs is 1. The number of carbonyl (C=O) groups excluding carboxylic acids is 5. The molecule has 3 aromatic rings. The lowest BCUT2D eigenvalue weighted by Gasteiger charge is -2.13. The number of amides is 3. The van der Waals surface area contributed by atoms with Gasteiger partial charge in [-0.15, -0.1) is 0 Å². The number of rotatable bonds is 6. The fraction of sp³-hybridized carbons (Fsp3) is 0.160. The number of carbonyl (C=O) groups is 5. The number of hydrogen-bond donors (Lipinski definition) is 1. The van der Waals surface area contributed by atoms with Gasteiger partial charge in [0.05, 0.1) is 29.0 Å². The lowest BCUT2D eigenvalue weighted by molar-refractivity contribution is 0.0524. The van der Waals surface area contributed by atoms with Crippen molar-refractivity contribution in [2.45, 2.75) is 20.8 Å². The van der Waals surface area contributed by atoms with Crippen molar-refractivity contribution in [3.8, 4) is 0 Å². The van der Waals surface area contributed by atoms with Gasteiger partial charge < -0.3 is 9.15 Å². The van der Waals surface area contributed by atoms with Gasteiger partial charge >= 0.3 is 5.97 Å². The van der Waals surface area contributed by atoms with E-state index >= 15 is 0 Å². The topological polar surface area (TPSA) is 123 Å². The Balaban J connectivity index is 1.66. The van der Waals surface area contributed by atoms with Crippen LogP contribution in [0.15, 0.2) is 46.9 Å². The summed E-state index contributed by atoms with van der Waals surface area (Å²) in [7, 11) is 0. The second-order valence-electron chi connectivity index (χ2n) is 7.65. The Morgan fingerprint density at radius 1 is 1.00 bits per heavy atom. The Morgan fingerprint density at radius 3 is 2.29 bits per heavy atom. The Morgan fingerprint density at radius 2 is 1.66 bits per heavy atom. The molecular weight excluding hydrogens is 459 g/mol. The zero-order valence-corrected chi connectivity index (χ0v) is 18.9. The number of ether oxygens (including phenoxy) is 1. The molecule has 0 aliphatic carbocycles. The van der Waals surface area contributed by atoms with Crippen molar-refractivity contribution in [2.75, 3.05) is 16.8 Å². The molecule has 0 bridgehead atoms. The van der Waals surface area contributed by atoms with Gasteiger partial charge in [-0.25, -0.2) is 14.1 Å². The molecule has 0 saturated carbocycles. The first kappa shape index (κ1) is 23.6. The van der Waals surface area contributed by atoms with E-state index < -0.39 is 35.3 Å². The van der Waals surface area contributed by atoms with Crippen molar-refractivity contribution < 1.29 is 37.5 Å². The summed E-state index contributed by atoms with van der Waals surface area (Å²) in [4.78, 5) is 64.0. The van der Waals surface area contributed by atoms with Crippen LogP contribution in [-0.4, -0.2) is 36.1 Å². The van der Waals surface area contributed by atoms with E-state index in [0.717, 1.165) is 17.0 Å². The Labute approximate surface area is 198 Å². The Kier molecular flexibility index (Phi) is 6.04. The van der Waals surface area contributed by atoms with Crippen LogP contribution in [0.2, 0.25) is 0 Å². The number of esters is 1. The minimum absolute atomic E-state index is 0.000840. The van der Waals surface area contributed by atoms with Crippen molar-refractivity contribution in [1.29, 1.82) is 0 Å². The highest BCUT2D eigenvalue weighted by Crippen LogP contribution is 2.31. The summed E-state index contributed by atoms with van der Waals surface area (Å²) in [5.74, 6) is -3.98. The van der Waals surface area contributed by atoms with E-state index in [2.05, 4.69) is 5.32 Å². The fourth-order valence-electron chi connectivity index (χ4n) is 3.84. The second kappa shape index (κ2) is 8.98. The highest BCUT2D eigenvalue weighted by Gasteiger charge is 2.37. The first-order chi connectivity index (χ1) is 16.6. The van der Waals surface area contributed by atoms with E-state index in [1.807, 2.05) is 0 Å². The fourth-order valence-corrected chi connectivity index (χ4v) is 3.84. The molecule has 0 saturated heterocycles. The number of nitrogens with zero attached hydrogens (tertiary/aromatic N) is 1. The van der Waals surface area contributed by atoms with Crippen LogP contribution in [0, 0.1) is 12.7 Å². The van der Waals surface area contributed by atoms with Gasteiger partial charge in [-0.1, -0.05) is 0 Å². The van der Waals surface area contributed by atoms with Crippen molar-refractivity contribution in [3.05, 3.63) is 81.9 Å². The van der Waals surface area contributed by atoms with E-state index in [4.69, 9.17) is 9.15 Å². The van der Waals surface area contributed by atoms with Crippen molar-refractivity contribution >= 4 is 41.0 Å². The average molecular weight is 478 g/mol. The summed E-state index contributed by atoms with van der Waals surface area (Å²) in [6.45, 7) is 4.36. The average Bonchev–Trinajstić information content (AvgIpc) is 3.27. The highest BCUT2D eigenvalue weighted by molar-refractivity contribution is 6.34. The van der Waals surface area contributed by atoms with Crippen LogP contribution in [0.25, 0.3) is 0 Å². The molecule has 1 aliphatic heterocycles. The summed E-state index contributed by atoms with van der Waals surface area (Å²) >= 11 is 0. The number of anilines is 2. The molecule has 178 valence electrons. The minimum Gasteiger partial charge on any atom is -0.462 e. The molecule has 4 rings (SSSR count). The zero-order valence-electron chi connectivity index (χ0n) is 18.9. The normalized spacial score (nSPS) is 12.5. The predicted octanol–water partition coefficient (Wildman–Crippen LogP) is 4.16. The summed E-state index contributed by atoms with van der Waals surface area (Å²) in [6.07, 6.45) is 0. The van der Waals surface area contributed by atoms with Gasteiger partial charge in [0.2, 0.25) is 5.88 Å². The number of Topliss-reactive ketones (excluding diaryl/α,β-unsaturated/α-hetero) is 1. The second-order valence-corrected chi connectivity index (χ2v) is 7.65. The van der Waals surface area contributed by atoms with E-state index in [-0.39, 0.29) is 51.8 Å². The molecule has 35 heavy (non-hydrogen) atoms. The van der Waals surface area contributed by atoms with Gasteiger partial charge in [-0.2, -0.15) is 0 Å². The van der Waals surface area contributed by atoms with Crippen LogP contribution < -0.4 is 10.2 Å². The van der Waals surface area contributed by atoms with Gasteiger partial charge in [0.25, 0.3) is 17.7 Å². The molecule has 9 nitrogen and oxygen atoms in total. The number of benzene rings is 2. The minimum atomic E-state index is -0.838. The Hall–Kier alpha value is -4.60. The van der Waals surface area contributed by atoms with Crippen LogP contribution in [0.5, 0.6) is 0 Å². The Bertz CT molecular complexity index is 1410. The summed E-state index contributed by atoms with van der Waals surface area (Å²) in [5.41, 5.74) is 0.0292. The SMILES string of the molecule is CCOC(=O)c1c(NC(=O)c2ccc3c(c2)C(=O)N(c2ccc(F)cc2)C3=O)oc(C)c1C(C)=O. The highest BCUT2D eigenvalue weighted by atomic mass is 19.1. The molecule has 0 spiro atoms. The monoisotopic (exact) mass is 478 g/mol. The van der Waals surface area contributed by atoms with Gasteiger partial charge in [0.15, 0.2) is 5.78 Å². The third-order valence-electron chi connectivity index (χ3n) is 5.38. The van der Waals surface area contributed by atoms with Crippen LogP contribution in [0.1, 0.15) is 71.4 Å². The van der Waals surface area contributed by atoms with Gasteiger partial charge in [-0.05, 0) is 63.2 Å². The number of aryl methyl sites for hydroxylation is 1. The van der Waals surface area contributed by atoms with Crippen LogP contribution in [0.4, 0.5) is 16.0 Å². The third kappa shape index (κ3) is 4.10. The van der Waals surface area contributed by atoms with Crippen molar-refractivity contribution in [3.63, 3.8) is 0 Å². The third-order valence-corrected chi connectivity index (χ3v) is 5.38. The molecule has 0 unspecified atom stereocenters. The van der Waals surface area contributed by atoms with Crippen LogP contribution in [0.3, 0.4) is 0 Å². The van der Waals surface area contributed by atoms with Gasteiger partial charge in [0.1, 0.15) is 17.1 Å². The van der Waals surface area contributed by atoms with E-state index in [0.29, 0.717) is 0 Å². The van der Waals surface area contributed by atoms with Gasteiger partial charge in [0, 0.05) is 5.56 Å². The molecule has 0 atom stereocenters. The van der Waals surface area contributed by atoms with E-state index in [1.54, 1.807) is 6.92 Å². The predicted molar refractivity (Wildman–Crippen MR) is 121 cm³/mol. The largest absolute Gasteiger partial charge is 0.462 e. The standard InChI is InChI=1S/C25H19FN2O7/c1-4-34-25(33)20-19(12(2)29)13(3)35-22(20)27-21(30)14-5-10-17-18(11-14)24(32)28(23(17)31)16-8-6-15(26)7-9-16/h5-11H,4H2,1-3H3,(H,27,30). The molecule has 2 aromatic carbocycles. The number of ketones is 1. The zero-order chi connectivity index (χ0) is 25.4. The molecule has 2 heterocycles. The molecule has 3 amide bonds. The summed E-state index contributed by atoms with van der Waals surface area (Å²) in [5, 5.41) is 2.44. The molecule has 0 radical (unpaired) electrons. The smallest absolute Gasteiger partial charge is 0.344 e. The van der Waals surface area contributed by atoms with Crippen LogP contribution in [-0.2, 0) is 4.74 Å². The number of hydrogen-bond acceptors (Lipinski definition) is 7. The first-order valence-corrected chi connectivity index (χ1v) is 10.5. The summed E-state index contributed by atoms with van der Waals surface area (Å²) in [6, 6.07) is 8.74. The van der Waals surface area contributed by atoms with E-state index in [9.17, 15) is 28.4 Å². The molecule has 10 heteroatoms. The maximum Gasteiger partial charge on any atom is 0.344 e. The number of halogens is 1. The molecule has 1 aliphatic rings. The lowest BCUT2D eigenvalue weighted by Crippen LogP contribution is -2.29. The number of furan rings is 1. The molecular formula is C25H19FN2O7. The maximum atomic E-state index is 13.3. The first-order valence-electron chi connectivity index (χ1n) is 10.5. The maximum absolute atomic E-state index is 13.3. The number of imide groups is 1. The van der Waals surface area contributed by atoms with Crippen LogP contribution >= 0.6 is 0 Å². The lowest BCUT2D eigenvalue weighted by atomic mass is 10.0. The van der Waals surface area contributed by atoms with Crippen molar-refractivity contribution in [2.24, 2.45) is 0 Å².